The lowest BCUT2D eigenvalue weighted by atomic mass is 9.99. The average molecular weight is 266 g/mol. The van der Waals surface area contributed by atoms with E-state index in [4.69, 9.17) is 0 Å². The molecule has 0 radical (unpaired) electrons. The fourth-order valence-corrected chi connectivity index (χ4v) is 4.07. The molecule has 0 saturated carbocycles. The van der Waals surface area contributed by atoms with Gasteiger partial charge in [-0.25, -0.2) is 4.98 Å². The van der Waals surface area contributed by atoms with Gasteiger partial charge in [0, 0.05) is 24.4 Å². The number of nitrogens with zero attached hydrogens (tertiary/aromatic N) is 2. The number of carbonyl (C=O) groups is 1. The number of thioether (sulfide) groups is 1. The molecule has 5 heteroatoms. The topological polar surface area (TPSA) is 55.1 Å². The minimum atomic E-state index is -0.730. The van der Waals surface area contributed by atoms with Crippen molar-refractivity contribution >= 4 is 17.7 Å². The molecule has 0 bridgehead atoms. The summed E-state index contributed by atoms with van der Waals surface area (Å²) in [6.45, 7) is 0.923. The van der Waals surface area contributed by atoms with Crippen molar-refractivity contribution in [3.63, 3.8) is 0 Å². The Morgan fingerprint density at radius 1 is 1.44 bits per heavy atom. The highest BCUT2D eigenvalue weighted by molar-refractivity contribution is 7.99. The second-order valence-electron chi connectivity index (χ2n) is 5.16. The standard InChI is InChI=1S/C13H18N2O2S/c16-13(17)10-4-1-5-15-7-11(14-12(10)15)9-3-2-6-18-8-9/h7,9-10H,1-6,8H2,(H,16,17). The zero-order valence-electron chi connectivity index (χ0n) is 10.3. The largest absolute Gasteiger partial charge is 0.481 e. The molecule has 3 heterocycles. The fourth-order valence-electron chi connectivity index (χ4n) is 2.91. The molecule has 2 aliphatic heterocycles. The van der Waals surface area contributed by atoms with Crippen molar-refractivity contribution in [2.75, 3.05) is 11.5 Å². The van der Waals surface area contributed by atoms with E-state index in [1.165, 1.54) is 18.6 Å². The lowest BCUT2D eigenvalue weighted by Crippen LogP contribution is -2.22. The molecule has 1 fully saturated rings. The Morgan fingerprint density at radius 3 is 3.06 bits per heavy atom. The second kappa shape index (κ2) is 4.96. The number of carboxylic acid groups (broad SMARTS) is 1. The van der Waals surface area contributed by atoms with Crippen LogP contribution in [-0.2, 0) is 11.3 Å². The van der Waals surface area contributed by atoms with Crippen LogP contribution >= 0.6 is 11.8 Å². The van der Waals surface area contributed by atoms with Crippen molar-refractivity contribution in [2.24, 2.45) is 0 Å². The number of aliphatic carboxylic acids is 1. The van der Waals surface area contributed by atoms with E-state index in [2.05, 4.69) is 15.7 Å². The van der Waals surface area contributed by atoms with Gasteiger partial charge in [0.15, 0.2) is 0 Å². The molecule has 18 heavy (non-hydrogen) atoms. The van der Waals surface area contributed by atoms with Gasteiger partial charge in [0.05, 0.1) is 5.69 Å². The van der Waals surface area contributed by atoms with Crippen LogP contribution in [0.5, 0.6) is 0 Å². The van der Waals surface area contributed by atoms with E-state index in [0.29, 0.717) is 5.92 Å². The summed E-state index contributed by atoms with van der Waals surface area (Å²) in [5.41, 5.74) is 1.12. The third kappa shape index (κ3) is 2.16. The number of aryl methyl sites for hydroxylation is 1. The van der Waals surface area contributed by atoms with Crippen LogP contribution in [0.3, 0.4) is 0 Å². The molecule has 0 aromatic carbocycles. The van der Waals surface area contributed by atoms with Crippen LogP contribution in [-0.4, -0.2) is 32.1 Å². The van der Waals surface area contributed by atoms with Crippen molar-refractivity contribution in [1.82, 2.24) is 9.55 Å². The molecule has 1 N–H and O–H groups in total. The highest BCUT2D eigenvalue weighted by Crippen LogP contribution is 2.34. The number of rotatable bonds is 2. The second-order valence-corrected chi connectivity index (χ2v) is 6.31. The van der Waals surface area contributed by atoms with Crippen LogP contribution in [0, 0.1) is 0 Å². The van der Waals surface area contributed by atoms with Crippen LogP contribution in [0.2, 0.25) is 0 Å². The average Bonchev–Trinajstić information content (AvgIpc) is 2.83. The van der Waals surface area contributed by atoms with E-state index < -0.39 is 11.9 Å². The molecule has 0 spiro atoms. The van der Waals surface area contributed by atoms with Crippen molar-refractivity contribution in [2.45, 2.75) is 44.1 Å². The van der Waals surface area contributed by atoms with Crippen molar-refractivity contribution in [3.8, 4) is 0 Å². The van der Waals surface area contributed by atoms with E-state index in [0.717, 1.165) is 36.7 Å². The summed E-state index contributed by atoms with van der Waals surface area (Å²) in [6.07, 6.45) is 6.21. The first-order valence-electron chi connectivity index (χ1n) is 6.63. The maximum absolute atomic E-state index is 11.2. The summed E-state index contributed by atoms with van der Waals surface area (Å²) in [4.78, 5) is 15.9. The predicted octanol–water partition coefficient (Wildman–Crippen LogP) is 2.46. The summed E-state index contributed by atoms with van der Waals surface area (Å²) in [7, 11) is 0. The predicted molar refractivity (Wildman–Crippen MR) is 71.1 cm³/mol. The minimum Gasteiger partial charge on any atom is -0.481 e. The number of imidazole rings is 1. The Morgan fingerprint density at radius 2 is 2.33 bits per heavy atom. The molecule has 0 aliphatic carbocycles. The van der Waals surface area contributed by atoms with Crippen molar-refractivity contribution in [1.29, 1.82) is 0 Å². The summed E-state index contributed by atoms with van der Waals surface area (Å²) in [5, 5.41) is 9.25. The zero-order chi connectivity index (χ0) is 12.5. The molecule has 0 amide bonds. The highest BCUT2D eigenvalue weighted by atomic mass is 32.2. The molecule has 1 aromatic rings. The van der Waals surface area contributed by atoms with E-state index in [1.54, 1.807) is 0 Å². The van der Waals surface area contributed by atoms with Gasteiger partial charge in [-0.05, 0) is 31.4 Å². The van der Waals surface area contributed by atoms with Gasteiger partial charge in [-0.2, -0.15) is 11.8 Å². The van der Waals surface area contributed by atoms with Gasteiger partial charge in [-0.3, -0.25) is 4.79 Å². The van der Waals surface area contributed by atoms with E-state index in [1.807, 2.05) is 11.8 Å². The Hall–Kier alpha value is -0.970. The summed E-state index contributed by atoms with van der Waals surface area (Å²) >= 11 is 1.99. The summed E-state index contributed by atoms with van der Waals surface area (Å²) < 4.78 is 2.07. The smallest absolute Gasteiger partial charge is 0.314 e. The lowest BCUT2D eigenvalue weighted by molar-refractivity contribution is -0.139. The lowest BCUT2D eigenvalue weighted by Gasteiger charge is -2.19. The van der Waals surface area contributed by atoms with Gasteiger partial charge in [0.25, 0.3) is 0 Å². The normalized spacial score (nSPS) is 27.8. The van der Waals surface area contributed by atoms with E-state index in [9.17, 15) is 9.90 Å². The first kappa shape index (κ1) is 12.1. The number of fused-ring (bicyclic) bond motifs is 1. The molecule has 2 unspecified atom stereocenters. The van der Waals surface area contributed by atoms with Crippen LogP contribution < -0.4 is 0 Å². The van der Waals surface area contributed by atoms with Crippen molar-refractivity contribution < 1.29 is 9.90 Å². The first-order valence-corrected chi connectivity index (χ1v) is 7.78. The molecule has 2 aliphatic rings. The van der Waals surface area contributed by atoms with Crippen molar-refractivity contribution in [3.05, 3.63) is 17.7 Å². The van der Waals surface area contributed by atoms with Gasteiger partial charge >= 0.3 is 5.97 Å². The molecule has 2 atom stereocenters. The molecule has 1 aromatic heterocycles. The highest BCUT2D eigenvalue weighted by Gasteiger charge is 2.30. The van der Waals surface area contributed by atoms with Gasteiger partial charge in [-0.1, -0.05) is 0 Å². The van der Waals surface area contributed by atoms with Gasteiger partial charge in [0.1, 0.15) is 11.7 Å². The number of carboxylic acids is 1. The molecule has 98 valence electrons. The fraction of sp³-hybridized carbons (Fsp3) is 0.692. The molecular weight excluding hydrogens is 248 g/mol. The maximum atomic E-state index is 11.2. The molecular formula is C13H18N2O2S. The summed E-state index contributed by atoms with van der Waals surface area (Å²) in [6, 6.07) is 0. The third-order valence-electron chi connectivity index (χ3n) is 3.91. The van der Waals surface area contributed by atoms with Gasteiger partial charge < -0.3 is 9.67 Å². The molecule has 3 rings (SSSR count). The first-order chi connectivity index (χ1) is 8.75. The van der Waals surface area contributed by atoms with Crippen LogP contribution in [0.1, 0.15) is 49.0 Å². The van der Waals surface area contributed by atoms with E-state index >= 15 is 0 Å². The number of hydrogen-bond donors (Lipinski definition) is 1. The summed E-state index contributed by atoms with van der Waals surface area (Å²) in [5.74, 6) is 2.56. The Labute approximate surface area is 111 Å². The van der Waals surface area contributed by atoms with Crippen LogP contribution in [0.4, 0.5) is 0 Å². The zero-order valence-corrected chi connectivity index (χ0v) is 11.2. The van der Waals surface area contributed by atoms with Gasteiger partial charge in [0.2, 0.25) is 0 Å². The monoisotopic (exact) mass is 266 g/mol. The Bertz CT molecular complexity index is 452. The van der Waals surface area contributed by atoms with E-state index in [-0.39, 0.29) is 0 Å². The quantitative estimate of drug-likeness (QED) is 0.893. The Kier molecular flexibility index (Phi) is 3.33. The molecule has 4 nitrogen and oxygen atoms in total. The SMILES string of the molecule is O=C(O)C1CCCn2cc(C3CCCSC3)nc21. The number of aromatic nitrogens is 2. The number of hydrogen-bond acceptors (Lipinski definition) is 3. The van der Waals surface area contributed by atoms with Gasteiger partial charge in [-0.15, -0.1) is 0 Å². The Balaban J connectivity index is 1.88. The van der Waals surface area contributed by atoms with Crippen LogP contribution in [0.25, 0.3) is 0 Å². The maximum Gasteiger partial charge on any atom is 0.314 e. The minimum absolute atomic E-state index is 0.399. The molecule has 1 saturated heterocycles. The van der Waals surface area contributed by atoms with Crippen LogP contribution in [0.15, 0.2) is 6.20 Å². The third-order valence-corrected chi connectivity index (χ3v) is 5.12.